The van der Waals surface area contributed by atoms with E-state index in [2.05, 4.69) is 4.74 Å². The molecular formula is C12H24O12. The third-order valence-corrected chi connectivity index (χ3v) is 1.87. The van der Waals surface area contributed by atoms with Crippen molar-refractivity contribution in [2.24, 2.45) is 0 Å². The number of hydrogen-bond acceptors (Lipinski definition) is 9. The lowest BCUT2D eigenvalue weighted by Gasteiger charge is -2.37. The second-order valence-electron chi connectivity index (χ2n) is 4.28. The van der Waals surface area contributed by atoms with Crippen LogP contribution in [-0.4, -0.2) is 96.1 Å². The van der Waals surface area contributed by atoms with E-state index in [1.54, 1.807) is 0 Å². The van der Waals surface area contributed by atoms with E-state index in [4.69, 9.17) is 55.2 Å². The van der Waals surface area contributed by atoms with Gasteiger partial charge in [-0.15, -0.1) is 0 Å². The molecule has 1 fully saturated rings. The Morgan fingerprint density at radius 1 is 0.750 bits per heavy atom. The normalized spacial score (nSPS) is 27.8. The fourth-order valence-corrected chi connectivity index (χ4v) is 1.08. The van der Waals surface area contributed by atoms with Gasteiger partial charge in [0.15, 0.2) is 6.29 Å². The van der Waals surface area contributed by atoms with Crippen LogP contribution in [0.25, 0.3) is 0 Å². The van der Waals surface area contributed by atoms with E-state index in [1.165, 1.54) is 0 Å². The standard InChI is InChI=1S/C6H12O6.3C2H4O2/c7-1-2-3(8)4(9)5(10)6(11)12-2;3*1-2(3)4/h2-11H,1H2;3*1H3,(H,3,4)/t2-,3-,4+,5-,6-;;;/m1.../s1. The Morgan fingerprint density at radius 3 is 1.29 bits per heavy atom. The Kier molecular flexibility index (Phi) is 16.6. The molecule has 0 bridgehead atoms. The van der Waals surface area contributed by atoms with Gasteiger partial charge in [0.2, 0.25) is 0 Å². The number of carboxylic acids is 3. The molecule has 0 spiro atoms. The van der Waals surface area contributed by atoms with Crippen LogP contribution in [0.4, 0.5) is 0 Å². The van der Waals surface area contributed by atoms with Crippen molar-refractivity contribution in [3.05, 3.63) is 0 Å². The molecule has 1 aliphatic heterocycles. The van der Waals surface area contributed by atoms with Gasteiger partial charge in [-0.1, -0.05) is 0 Å². The van der Waals surface area contributed by atoms with Gasteiger partial charge in [0.25, 0.3) is 17.9 Å². The van der Waals surface area contributed by atoms with Crippen LogP contribution in [-0.2, 0) is 19.1 Å². The molecule has 0 aromatic heterocycles. The van der Waals surface area contributed by atoms with Crippen LogP contribution in [0.15, 0.2) is 0 Å². The highest BCUT2D eigenvalue weighted by molar-refractivity contribution is 5.63. The first-order valence-electron chi connectivity index (χ1n) is 6.35. The van der Waals surface area contributed by atoms with Crippen molar-refractivity contribution in [1.29, 1.82) is 0 Å². The number of hydrogen-bond donors (Lipinski definition) is 8. The molecular weight excluding hydrogens is 336 g/mol. The van der Waals surface area contributed by atoms with Crippen molar-refractivity contribution in [1.82, 2.24) is 0 Å². The van der Waals surface area contributed by atoms with E-state index in [1.807, 2.05) is 0 Å². The molecule has 0 unspecified atom stereocenters. The van der Waals surface area contributed by atoms with E-state index in [-0.39, 0.29) is 0 Å². The van der Waals surface area contributed by atoms with Crippen molar-refractivity contribution in [2.75, 3.05) is 6.61 Å². The van der Waals surface area contributed by atoms with Gasteiger partial charge in [0.1, 0.15) is 24.4 Å². The van der Waals surface area contributed by atoms with Gasteiger partial charge in [-0.25, -0.2) is 0 Å². The lowest BCUT2D eigenvalue weighted by molar-refractivity contribution is -0.286. The molecule has 8 N–H and O–H groups in total. The van der Waals surface area contributed by atoms with Crippen molar-refractivity contribution in [2.45, 2.75) is 51.5 Å². The highest BCUT2D eigenvalue weighted by Gasteiger charge is 2.42. The molecule has 0 saturated carbocycles. The molecule has 1 rings (SSSR count). The van der Waals surface area contributed by atoms with Gasteiger partial charge in [-0.3, -0.25) is 14.4 Å². The van der Waals surface area contributed by atoms with E-state index in [9.17, 15) is 0 Å². The quantitative estimate of drug-likeness (QED) is 0.235. The smallest absolute Gasteiger partial charge is 0.300 e. The zero-order valence-corrected chi connectivity index (χ0v) is 13.3. The molecule has 1 aliphatic rings. The summed E-state index contributed by atoms with van der Waals surface area (Å²) in [4.78, 5) is 27.0. The monoisotopic (exact) mass is 360 g/mol. The van der Waals surface area contributed by atoms with Crippen molar-refractivity contribution in [3.8, 4) is 0 Å². The van der Waals surface area contributed by atoms with Gasteiger partial charge in [0.05, 0.1) is 6.61 Å². The number of aliphatic hydroxyl groups excluding tert-OH is 5. The Bertz CT molecular complexity index is 326. The topological polar surface area (TPSA) is 222 Å². The lowest BCUT2D eigenvalue weighted by Crippen LogP contribution is -2.58. The first-order valence-corrected chi connectivity index (χ1v) is 6.35. The summed E-state index contributed by atoms with van der Waals surface area (Å²) in [5.74, 6) is -2.50. The SMILES string of the molecule is CC(=O)O.CC(=O)O.CC(=O)O.OC[C@H]1O[C@@H](O)[C@H](O)[C@@H](O)[C@@H]1O. The highest BCUT2D eigenvalue weighted by Crippen LogP contribution is 2.18. The summed E-state index contributed by atoms with van der Waals surface area (Å²) in [5, 5.41) is 66.9. The number of ether oxygens (including phenoxy) is 1. The van der Waals surface area contributed by atoms with Crippen LogP contribution in [0.2, 0.25) is 0 Å². The largest absolute Gasteiger partial charge is 0.481 e. The number of aliphatic carboxylic acids is 3. The molecule has 12 nitrogen and oxygen atoms in total. The number of carboxylic acid groups (broad SMARTS) is 3. The Balaban J connectivity index is -0.000000304. The lowest BCUT2D eigenvalue weighted by atomic mass is 10.00. The summed E-state index contributed by atoms with van der Waals surface area (Å²) in [5.41, 5.74) is 0. The van der Waals surface area contributed by atoms with Crippen molar-refractivity contribution >= 4 is 17.9 Å². The average molecular weight is 360 g/mol. The summed E-state index contributed by atoms with van der Waals surface area (Å²) in [6.45, 7) is 2.72. The van der Waals surface area contributed by atoms with E-state index >= 15 is 0 Å². The third-order valence-electron chi connectivity index (χ3n) is 1.87. The Hall–Kier alpha value is -1.83. The van der Waals surface area contributed by atoms with E-state index < -0.39 is 55.2 Å². The maximum Gasteiger partial charge on any atom is 0.300 e. The molecule has 5 atom stereocenters. The molecule has 1 saturated heterocycles. The highest BCUT2D eigenvalue weighted by atomic mass is 16.6. The molecule has 0 amide bonds. The van der Waals surface area contributed by atoms with Gasteiger partial charge in [-0.2, -0.15) is 0 Å². The molecule has 0 aromatic rings. The van der Waals surface area contributed by atoms with Crippen LogP contribution in [0.3, 0.4) is 0 Å². The molecule has 1 heterocycles. The van der Waals surface area contributed by atoms with Crippen molar-refractivity contribution in [3.63, 3.8) is 0 Å². The molecule has 144 valence electrons. The predicted molar refractivity (Wildman–Crippen MR) is 75.9 cm³/mol. The van der Waals surface area contributed by atoms with Crippen LogP contribution < -0.4 is 0 Å². The van der Waals surface area contributed by atoms with Crippen molar-refractivity contribution < 1.29 is 60.0 Å². The second-order valence-corrected chi connectivity index (χ2v) is 4.28. The number of aliphatic hydroxyl groups is 5. The molecule has 12 heteroatoms. The number of carbonyl (C=O) groups is 3. The predicted octanol–water partition coefficient (Wildman–Crippen LogP) is -2.95. The fourth-order valence-electron chi connectivity index (χ4n) is 1.08. The van der Waals surface area contributed by atoms with E-state index in [0.29, 0.717) is 0 Å². The first-order chi connectivity index (χ1) is 10.8. The van der Waals surface area contributed by atoms with Gasteiger partial charge >= 0.3 is 0 Å². The zero-order chi connectivity index (χ0) is 20.0. The van der Waals surface area contributed by atoms with Gasteiger partial charge in [0, 0.05) is 20.8 Å². The summed E-state index contributed by atoms with van der Waals surface area (Å²) >= 11 is 0. The summed E-state index contributed by atoms with van der Waals surface area (Å²) in [7, 11) is 0. The van der Waals surface area contributed by atoms with Gasteiger partial charge < -0.3 is 45.6 Å². The average Bonchev–Trinajstić information content (AvgIpc) is 2.38. The Morgan fingerprint density at radius 2 is 1.04 bits per heavy atom. The minimum absolute atomic E-state index is 0.526. The second kappa shape index (κ2) is 14.7. The summed E-state index contributed by atoms with van der Waals surface area (Å²) in [6.07, 6.45) is -7.04. The third kappa shape index (κ3) is 18.2. The fraction of sp³-hybridized carbons (Fsp3) is 0.750. The minimum Gasteiger partial charge on any atom is -0.481 e. The van der Waals surface area contributed by atoms with Gasteiger partial charge in [-0.05, 0) is 0 Å². The van der Waals surface area contributed by atoms with Crippen LogP contribution in [0, 0.1) is 0 Å². The minimum atomic E-state index is -1.57. The van der Waals surface area contributed by atoms with Crippen LogP contribution in [0.1, 0.15) is 20.8 Å². The number of rotatable bonds is 1. The zero-order valence-electron chi connectivity index (χ0n) is 13.3. The molecule has 0 aliphatic carbocycles. The molecule has 0 radical (unpaired) electrons. The van der Waals surface area contributed by atoms with E-state index in [0.717, 1.165) is 20.8 Å². The summed E-state index contributed by atoms with van der Waals surface area (Å²) in [6, 6.07) is 0. The maximum absolute atomic E-state index is 9.12. The Labute approximate surface area is 137 Å². The van der Waals surface area contributed by atoms with Crippen LogP contribution in [0.5, 0.6) is 0 Å². The maximum atomic E-state index is 9.12. The van der Waals surface area contributed by atoms with Crippen LogP contribution >= 0.6 is 0 Å². The molecule has 0 aromatic carbocycles. The summed E-state index contributed by atoms with van der Waals surface area (Å²) < 4.78 is 4.58. The first kappa shape index (κ1) is 27.0. The molecule has 24 heavy (non-hydrogen) atoms.